The predicted octanol–water partition coefficient (Wildman–Crippen LogP) is 2.48. The maximum absolute atomic E-state index is 12.5. The van der Waals surface area contributed by atoms with Gasteiger partial charge in [0.2, 0.25) is 11.8 Å². The Morgan fingerprint density at radius 3 is 2.92 bits per heavy atom. The van der Waals surface area contributed by atoms with Crippen LogP contribution in [0.1, 0.15) is 30.1 Å². The van der Waals surface area contributed by atoms with Crippen molar-refractivity contribution in [3.8, 4) is 0 Å². The summed E-state index contributed by atoms with van der Waals surface area (Å²) in [7, 11) is 0. The van der Waals surface area contributed by atoms with Crippen molar-refractivity contribution < 1.29 is 14.0 Å². The van der Waals surface area contributed by atoms with Gasteiger partial charge in [0.15, 0.2) is 0 Å². The fraction of sp³-hybridized carbons (Fsp3) is 0.368. The molecule has 2 aliphatic rings. The highest BCUT2D eigenvalue weighted by molar-refractivity contribution is 5.98. The molecular weight excluding hydrogens is 304 g/mol. The van der Waals surface area contributed by atoms with Crippen LogP contribution in [0.5, 0.6) is 0 Å². The van der Waals surface area contributed by atoms with Crippen molar-refractivity contribution >= 4 is 17.5 Å². The van der Waals surface area contributed by atoms with Crippen molar-refractivity contribution in [3.63, 3.8) is 0 Å². The second kappa shape index (κ2) is 6.15. The predicted molar refractivity (Wildman–Crippen MR) is 89.7 cm³/mol. The molecule has 0 radical (unpaired) electrons. The highest BCUT2D eigenvalue weighted by atomic mass is 16.3. The molecule has 1 aromatic heterocycles. The lowest BCUT2D eigenvalue weighted by Crippen LogP contribution is -2.43. The van der Waals surface area contributed by atoms with E-state index in [0.29, 0.717) is 6.54 Å². The van der Waals surface area contributed by atoms with Gasteiger partial charge in [-0.05, 0) is 43.0 Å². The third-order valence-electron chi connectivity index (χ3n) is 4.86. The van der Waals surface area contributed by atoms with E-state index in [9.17, 15) is 9.59 Å². The van der Waals surface area contributed by atoms with E-state index in [1.165, 1.54) is 5.56 Å². The van der Waals surface area contributed by atoms with Crippen LogP contribution in [-0.4, -0.2) is 24.9 Å². The quantitative estimate of drug-likeness (QED) is 0.940. The molecule has 0 unspecified atom stereocenters. The smallest absolute Gasteiger partial charge is 0.246 e. The Morgan fingerprint density at radius 2 is 2.08 bits per heavy atom. The molecule has 5 heteroatoms. The normalized spacial score (nSPS) is 21.9. The number of fused-ring (bicyclic) bond motifs is 1. The Morgan fingerprint density at radius 1 is 1.21 bits per heavy atom. The average molecular weight is 324 g/mol. The van der Waals surface area contributed by atoms with Crippen LogP contribution >= 0.6 is 0 Å². The van der Waals surface area contributed by atoms with Crippen LogP contribution in [0.2, 0.25) is 0 Å². The van der Waals surface area contributed by atoms with E-state index in [2.05, 4.69) is 11.4 Å². The van der Waals surface area contributed by atoms with Crippen molar-refractivity contribution in [1.82, 2.24) is 5.32 Å². The lowest BCUT2D eigenvalue weighted by Gasteiger charge is -2.29. The first-order valence-electron chi connectivity index (χ1n) is 8.43. The van der Waals surface area contributed by atoms with Gasteiger partial charge in [-0.3, -0.25) is 9.59 Å². The van der Waals surface area contributed by atoms with Crippen molar-refractivity contribution in [2.75, 3.05) is 18.0 Å². The van der Waals surface area contributed by atoms with Crippen LogP contribution in [0, 0.1) is 5.92 Å². The maximum Gasteiger partial charge on any atom is 0.246 e. The number of furan rings is 1. The van der Waals surface area contributed by atoms with Crippen LogP contribution in [0.25, 0.3) is 0 Å². The number of nitrogens with one attached hydrogen (secondary N) is 1. The number of carbonyl (C=O) groups excluding carboxylic acids is 2. The van der Waals surface area contributed by atoms with Gasteiger partial charge in [0.1, 0.15) is 5.76 Å². The molecule has 24 heavy (non-hydrogen) atoms. The standard InChI is InChI=1S/C19H20N2O3/c22-18(21-9-3-6-13-5-1-2-7-16(13)21)12-20-19(23)15-11-14(15)17-8-4-10-24-17/h1-2,4-5,7-8,10,14-15H,3,6,9,11-12H2,(H,20,23)/t14-,15+/m0/s1. The second-order valence-corrected chi connectivity index (χ2v) is 6.46. The molecule has 1 aliphatic carbocycles. The number of nitrogens with zero attached hydrogens (tertiary/aromatic N) is 1. The molecule has 1 N–H and O–H groups in total. The van der Waals surface area contributed by atoms with Crippen molar-refractivity contribution in [3.05, 3.63) is 54.0 Å². The summed E-state index contributed by atoms with van der Waals surface area (Å²) in [5, 5.41) is 2.79. The van der Waals surface area contributed by atoms with Gasteiger partial charge in [0.05, 0.1) is 12.8 Å². The molecule has 2 heterocycles. The molecule has 1 aromatic carbocycles. The van der Waals surface area contributed by atoms with Crippen molar-refractivity contribution in [2.45, 2.75) is 25.2 Å². The topological polar surface area (TPSA) is 62.6 Å². The summed E-state index contributed by atoms with van der Waals surface area (Å²) in [6, 6.07) is 11.7. The summed E-state index contributed by atoms with van der Waals surface area (Å²) >= 11 is 0. The van der Waals surface area contributed by atoms with Crippen LogP contribution in [0.3, 0.4) is 0 Å². The largest absolute Gasteiger partial charge is 0.469 e. The highest BCUT2D eigenvalue weighted by Crippen LogP contribution is 2.47. The molecule has 1 saturated carbocycles. The molecule has 2 amide bonds. The molecule has 1 aliphatic heterocycles. The Labute approximate surface area is 140 Å². The van der Waals surface area contributed by atoms with Gasteiger partial charge in [0, 0.05) is 24.1 Å². The molecule has 0 bridgehead atoms. The zero-order valence-corrected chi connectivity index (χ0v) is 13.4. The number of hydrogen-bond acceptors (Lipinski definition) is 3. The first kappa shape index (κ1) is 15.0. The van der Waals surface area contributed by atoms with Gasteiger partial charge < -0.3 is 14.6 Å². The fourth-order valence-corrected chi connectivity index (χ4v) is 3.48. The minimum Gasteiger partial charge on any atom is -0.469 e. The minimum absolute atomic E-state index is 0.0501. The second-order valence-electron chi connectivity index (χ2n) is 6.46. The molecule has 4 rings (SSSR count). The number of anilines is 1. The molecule has 5 nitrogen and oxygen atoms in total. The number of para-hydroxylation sites is 1. The van der Waals surface area contributed by atoms with Crippen molar-refractivity contribution in [2.24, 2.45) is 5.92 Å². The van der Waals surface area contributed by atoms with Crippen LogP contribution in [0.4, 0.5) is 5.69 Å². The Balaban J connectivity index is 1.34. The fourth-order valence-electron chi connectivity index (χ4n) is 3.48. The zero-order valence-electron chi connectivity index (χ0n) is 13.4. The summed E-state index contributed by atoms with van der Waals surface area (Å²) in [5.74, 6) is 0.829. The summed E-state index contributed by atoms with van der Waals surface area (Å²) in [4.78, 5) is 26.5. The number of hydrogen-bond donors (Lipinski definition) is 1. The van der Waals surface area contributed by atoms with Gasteiger partial charge in [-0.25, -0.2) is 0 Å². The van der Waals surface area contributed by atoms with Crippen LogP contribution in [0.15, 0.2) is 47.1 Å². The Hall–Kier alpha value is -2.56. The zero-order chi connectivity index (χ0) is 16.5. The SMILES string of the molecule is O=C(NCC(=O)N1CCCc2ccccc21)[C@@H]1C[C@@H]1c1ccco1. The Bertz CT molecular complexity index is 754. The Kier molecular flexibility index (Phi) is 3.84. The van der Waals surface area contributed by atoms with Gasteiger partial charge in [-0.15, -0.1) is 0 Å². The lowest BCUT2D eigenvalue weighted by molar-refractivity contribution is -0.125. The van der Waals surface area contributed by atoms with Gasteiger partial charge >= 0.3 is 0 Å². The maximum atomic E-state index is 12.5. The summed E-state index contributed by atoms with van der Waals surface area (Å²) in [6.07, 6.45) is 4.37. The third kappa shape index (κ3) is 2.82. The van der Waals surface area contributed by atoms with E-state index in [0.717, 1.165) is 30.7 Å². The molecule has 1 fully saturated rings. The number of benzene rings is 1. The lowest BCUT2D eigenvalue weighted by atomic mass is 10.0. The number of rotatable bonds is 4. The van der Waals surface area contributed by atoms with E-state index in [1.807, 2.05) is 30.3 Å². The summed E-state index contributed by atoms with van der Waals surface area (Å²) < 4.78 is 5.34. The van der Waals surface area contributed by atoms with E-state index >= 15 is 0 Å². The summed E-state index contributed by atoms with van der Waals surface area (Å²) in [5.41, 5.74) is 2.17. The molecule has 2 aromatic rings. The van der Waals surface area contributed by atoms with Gasteiger partial charge in [-0.2, -0.15) is 0 Å². The monoisotopic (exact) mass is 324 g/mol. The van der Waals surface area contributed by atoms with Gasteiger partial charge in [0.25, 0.3) is 0 Å². The van der Waals surface area contributed by atoms with E-state index in [-0.39, 0.29) is 30.2 Å². The van der Waals surface area contributed by atoms with E-state index in [4.69, 9.17) is 4.42 Å². The van der Waals surface area contributed by atoms with Crippen LogP contribution < -0.4 is 10.2 Å². The number of aryl methyl sites for hydroxylation is 1. The summed E-state index contributed by atoms with van der Waals surface area (Å²) in [6.45, 7) is 0.763. The molecule has 0 spiro atoms. The highest BCUT2D eigenvalue weighted by Gasteiger charge is 2.45. The van der Waals surface area contributed by atoms with Gasteiger partial charge in [-0.1, -0.05) is 18.2 Å². The third-order valence-corrected chi connectivity index (χ3v) is 4.86. The number of amides is 2. The van der Waals surface area contributed by atoms with E-state index < -0.39 is 0 Å². The van der Waals surface area contributed by atoms with E-state index in [1.54, 1.807) is 11.2 Å². The molecule has 124 valence electrons. The average Bonchev–Trinajstić information content (AvgIpc) is 3.24. The molecule has 0 saturated heterocycles. The number of carbonyl (C=O) groups is 2. The molecule has 2 atom stereocenters. The first-order valence-corrected chi connectivity index (χ1v) is 8.43. The minimum atomic E-state index is -0.0717. The first-order chi connectivity index (χ1) is 11.7. The van der Waals surface area contributed by atoms with Crippen LogP contribution in [-0.2, 0) is 16.0 Å². The van der Waals surface area contributed by atoms with Crippen molar-refractivity contribution in [1.29, 1.82) is 0 Å². The molecular formula is C19H20N2O3.